The summed E-state index contributed by atoms with van der Waals surface area (Å²) in [5, 5.41) is 0. The predicted molar refractivity (Wildman–Crippen MR) is 145 cm³/mol. The molecule has 0 unspecified atom stereocenters. The van der Waals surface area contributed by atoms with Crippen LogP contribution in [0.15, 0.2) is 97.1 Å². The molecule has 4 aromatic rings. The molecule has 1 spiro atoms. The average molecular weight is 492 g/mol. The molecule has 180 valence electrons. The quantitative estimate of drug-likeness (QED) is 0.263. The molecule has 1 atom stereocenters. The third-order valence-corrected chi connectivity index (χ3v) is 9.92. The first-order valence-corrected chi connectivity index (χ1v) is 14.1. The molecule has 0 aromatic heterocycles. The third kappa shape index (κ3) is 3.49. The van der Waals surface area contributed by atoms with Gasteiger partial charge in [0, 0.05) is 29.1 Å². The Bertz CT molecular complexity index is 1340. The Morgan fingerprint density at radius 3 is 1.86 bits per heavy atom. The van der Waals surface area contributed by atoms with Crippen molar-refractivity contribution in [1.29, 1.82) is 0 Å². The molecular weight excluding hydrogens is 461 g/mol. The molecule has 36 heavy (non-hydrogen) atoms. The zero-order valence-corrected chi connectivity index (χ0v) is 21.5. The van der Waals surface area contributed by atoms with E-state index >= 15 is 0 Å². The lowest BCUT2D eigenvalue weighted by atomic mass is 9.76. The Hall–Kier alpha value is -3.13. The number of benzene rings is 4. The summed E-state index contributed by atoms with van der Waals surface area (Å²) >= 11 is 0. The van der Waals surface area contributed by atoms with Crippen LogP contribution in [0.2, 0.25) is 0 Å². The van der Waals surface area contributed by atoms with E-state index in [2.05, 4.69) is 109 Å². The maximum Gasteiger partial charge on any atom is 0.385 e. The van der Waals surface area contributed by atoms with Gasteiger partial charge in [0.2, 0.25) is 0 Å². The van der Waals surface area contributed by atoms with Gasteiger partial charge in [0.25, 0.3) is 0 Å². The van der Waals surface area contributed by atoms with Crippen molar-refractivity contribution >= 4 is 8.53 Å². The van der Waals surface area contributed by atoms with Gasteiger partial charge in [-0.3, -0.25) is 0 Å². The van der Waals surface area contributed by atoms with Crippen molar-refractivity contribution in [3.63, 3.8) is 0 Å². The largest absolute Gasteiger partial charge is 0.427 e. The minimum atomic E-state index is -1.42. The van der Waals surface area contributed by atoms with E-state index in [1.165, 1.54) is 33.4 Å². The smallest absolute Gasteiger partial charge is 0.385 e. The number of hydrogen-bond donors (Lipinski definition) is 0. The van der Waals surface area contributed by atoms with Crippen molar-refractivity contribution in [3.8, 4) is 11.5 Å². The molecule has 0 saturated heterocycles. The maximum atomic E-state index is 6.98. The van der Waals surface area contributed by atoms with Gasteiger partial charge in [0.1, 0.15) is 11.5 Å². The zero-order valence-electron chi connectivity index (χ0n) is 20.6. The Morgan fingerprint density at radius 2 is 1.28 bits per heavy atom. The monoisotopic (exact) mass is 491 g/mol. The maximum absolute atomic E-state index is 6.98. The molecule has 0 radical (unpaired) electrons. The Balaban J connectivity index is 1.38. The van der Waals surface area contributed by atoms with Crippen LogP contribution in [0.5, 0.6) is 11.5 Å². The molecule has 7 rings (SSSR count). The molecular formula is C32H30NO2P. The van der Waals surface area contributed by atoms with E-state index < -0.39 is 8.53 Å². The van der Waals surface area contributed by atoms with Crippen LogP contribution in [0.25, 0.3) is 0 Å². The van der Waals surface area contributed by atoms with Gasteiger partial charge < -0.3 is 9.05 Å². The number of nitrogens with zero attached hydrogens (tertiary/aromatic N) is 1. The molecule has 0 bridgehead atoms. The van der Waals surface area contributed by atoms with E-state index in [0.29, 0.717) is 0 Å². The van der Waals surface area contributed by atoms with E-state index in [9.17, 15) is 0 Å². The van der Waals surface area contributed by atoms with Crippen LogP contribution < -0.4 is 9.05 Å². The van der Waals surface area contributed by atoms with E-state index in [-0.39, 0.29) is 11.5 Å². The molecule has 0 fully saturated rings. The molecule has 1 heterocycles. The van der Waals surface area contributed by atoms with Gasteiger partial charge in [0.15, 0.2) is 0 Å². The summed E-state index contributed by atoms with van der Waals surface area (Å²) in [6.07, 6.45) is 4.49. The van der Waals surface area contributed by atoms with E-state index in [1.807, 2.05) is 0 Å². The standard InChI is InChI=1S/C32H30NO2P/c1-23(25-12-6-3-7-13-25)33(22-24-10-4-2-5-11-24)36-34-28-16-8-14-26-18-20-32(30(26)28)21-19-27-15-9-17-29(35-36)31(27)32/h2-17,23H,18-22H2,1H3/t23-,32?/m1/s1. The van der Waals surface area contributed by atoms with Crippen molar-refractivity contribution in [1.82, 2.24) is 4.67 Å². The van der Waals surface area contributed by atoms with Gasteiger partial charge in [-0.05, 0) is 67.0 Å². The van der Waals surface area contributed by atoms with Crippen molar-refractivity contribution in [3.05, 3.63) is 130 Å². The Morgan fingerprint density at radius 1 is 0.722 bits per heavy atom. The summed E-state index contributed by atoms with van der Waals surface area (Å²) in [6.45, 7) is 3.01. The topological polar surface area (TPSA) is 21.7 Å². The first-order valence-electron chi connectivity index (χ1n) is 13.0. The van der Waals surface area contributed by atoms with Crippen molar-refractivity contribution in [2.24, 2.45) is 0 Å². The lowest BCUT2D eigenvalue weighted by Gasteiger charge is -2.39. The van der Waals surface area contributed by atoms with Gasteiger partial charge >= 0.3 is 8.53 Å². The number of hydrogen-bond acceptors (Lipinski definition) is 3. The zero-order chi connectivity index (χ0) is 24.1. The van der Waals surface area contributed by atoms with Crippen molar-refractivity contribution < 1.29 is 9.05 Å². The summed E-state index contributed by atoms with van der Waals surface area (Å²) in [5.41, 5.74) is 8.25. The second kappa shape index (κ2) is 8.76. The van der Waals surface area contributed by atoms with Crippen molar-refractivity contribution in [2.45, 2.75) is 50.6 Å². The fraction of sp³-hybridized carbons (Fsp3) is 0.250. The summed E-state index contributed by atoms with van der Waals surface area (Å²) in [5.74, 6) is 2.02. The van der Waals surface area contributed by atoms with Crippen LogP contribution in [-0.4, -0.2) is 4.67 Å². The highest BCUT2D eigenvalue weighted by atomic mass is 31.2. The van der Waals surface area contributed by atoms with Gasteiger partial charge in [0.05, 0.1) is 0 Å². The van der Waals surface area contributed by atoms with Gasteiger partial charge in [-0.2, -0.15) is 0 Å². The highest BCUT2D eigenvalue weighted by Gasteiger charge is 2.50. The van der Waals surface area contributed by atoms with Gasteiger partial charge in [-0.1, -0.05) is 84.9 Å². The molecule has 1 aliphatic heterocycles. The minimum Gasteiger partial charge on any atom is -0.427 e. The third-order valence-electron chi connectivity index (χ3n) is 8.30. The summed E-state index contributed by atoms with van der Waals surface area (Å²) < 4.78 is 16.4. The van der Waals surface area contributed by atoms with Crippen LogP contribution in [0.3, 0.4) is 0 Å². The van der Waals surface area contributed by atoms with E-state index in [4.69, 9.17) is 9.05 Å². The molecule has 0 amide bonds. The van der Waals surface area contributed by atoms with Crippen LogP contribution in [0, 0.1) is 0 Å². The Kier molecular flexibility index (Phi) is 5.38. The van der Waals surface area contributed by atoms with Crippen LogP contribution in [-0.2, 0) is 24.8 Å². The van der Waals surface area contributed by atoms with Crippen LogP contribution in [0.4, 0.5) is 0 Å². The minimum absolute atomic E-state index is 0.0224. The normalized spacial score (nSPS) is 17.9. The molecule has 3 aliphatic rings. The Labute approximate surface area is 214 Å². The van der Waals surface area contributed by atoms with Crippen LogP contribution >= 0.6 is 8.53 Å². The first kappa shape index (κ1) is 22.1. The molecule has 0 N–H and O–H groups in total. The fourth-order valence-electron chi connectivity index (χ4n) is 6.56. The molecule has 4 aromatic carbocycles. The molecule has 0 saturated carbocycles. The second-order valence-corrected chi connectivity index (χ2v) is 11.6. The highest BCUT2D eigenvalue weighted by Crippen LogP contribution is 2.62. The molecule has 4 heteroatoms. The first-order chi connectivity index (χ1) is 17.7. The van der Waals surface area contributed by atoms with E-state index in [1.54, 1.807) is 0 Å². The van der Waals surface area contributed by atoms with Crippen LogP contribution in [0.1, 0.15) is 59.2 Å². The van der Waals surface area contributed by atoms with E-state index in [0.717, 1.165) is 43.7 Å². The lowest BCUT2D eigenvalue weighted by Crippen LogP contribution is -2.29. The molecule has 3 nitrogen and oxygen atoms in total. The lowest BCUT2D eigenvalue weighted by molar-refractivity contribution is 0.287. The second-order valence-electron chi connectivity index (χ2n) is 10.3. The predicted octanol–water partition coefficient (Wildman–Crippen LogP) is 8.13. The fourth-order valence-corrected chi connectivity index (χ4v) is 8.14. The summed E-state index contributed by atoms with van der Waals surface area (Å²) in [6, 6.07) is 34.8. The highest BCUT2D eigenvalue weighted by molar-refractivity contribution is 7.45. The number of rotatable bonds is 5. The number of aryl methyl sites for hydroxylation is 2. The van der Waals surface area contributed by atoms with Gasteiger partial charge in [-0.15, -0.1) is 0 Å². The SMILES string of the molecule is C[C@H](c1ccccc1)N(Cc1ccccc1)P1Oc2cccc3c2C2(CC3)CCc3cccc(c32)O1. The van der Waals surface area contributed by atoms with Gasteiger partial charge in [-0.25, -0.2) is 4.67 Å². The molecule has 2 aliphatic carbocycles. The van der Waals surface area contributed by atoms with Crippen molar-refractivity contribution in [2.75, 3.05) is 0 Å². The summed E-state index contributed by atoms with van der Waals surface area (Å²) in [7, 11) is -1.42. The average Bonchev–Trinajstić information content (AvgIpc) is 3.49. The summed E-state index contributed by atoms with van der Waals surface area (Å²) in [4.78, 5) is 0.